The largest absolute Gasteiger partial charge is 0.484 e. The molecule has 0 aliphatic carbocycles. The number of rotatable bonds is 4. The predicted octanol–water partition coefficient (Wildman–Crippen LogP) is 3.14. The highest BCUT2D eigenvalue weighted by Gasteiger charge is 2.13. The van der Waals surface area contributed by atoms with Gasteiger partial charge in [-0.3, -0.25) is 0 Å². The number of hydrogen-bond acceptors (Lipinski definition) is 3. The van der Waals surface area contributed by atoms with Crippen LogP contribution in [0, 0.1) is 6.92 Å². The van der Waals surface area contributed by atoms with Crippen molar-refractivity contribution >= 4 is 11.3 Å². The second-order valence-electron chi connectivity index (χ2n) is 3.60. The molecule has 0 aliphatic heterocycles. The molecule has 2 aromatic rings. The minimum Gasteiger partial charge on any atom is -0.484 e. The number of benzene rings is 1. The Morgan fingerprint density at radius 1 is 1.19 bits per heavy atom. The van der Waals surface area contributed by atoms with Gasteiger partial charge in [-0.1, -0.05) is 18.2 Å². The Morgan fingerprint density at radius 3 is 2.50 bits per heavy atom. The summed E-state index contributed by atoms with van der Waals surface area (Å²) in [7, 11) is 0. The van der Waals surface area contributed by atoms with Gasteiger partial charge < -0.3 is 10.5 Å². The lowest BCUT2D eigenvalue weighted by atomic mass is 10.3. The molecule has 0 amide bonds. The van der Waals surface area contributed by atoms with E-state index in [4.69, 9.17) is 10.5 Å². The number of ether oxygens (including phenoxy) is 1. The first kappa shape index (κ1) is 11.2. The van der Waals surface area contributed by atoms with E-state index in [9.17, 15) is 0 Å². The lowest BCUT2D eigenvalue weighted by molar-refractivity contribution is 0.218. The summed E-state index contributed by atoms with van der Waals surface area (Å²) in [6.45, 7) is 2.58. The van der Waals surface area contributed by atoms with E-state index in [0.717, 1.165) is 5.75 Å². The topological polar surface area (TPSA) is 35.2 Å². The highest BCUT2D eigenvalue weighted by Crippen LogP contribution is 2.26. The van der Waals surface area contributed by atoms with Gasteiger partial charge in [0.2, 0.25) is 0 Å². The van der Waals surface area contributed by atoms with Crippen molar-refractivity contribution in [2.75, 3.05) is 6.54 Å². The van der Waals surface area contributed by atoms with Gasteiger partial charge in [0.15, 0.2) is 0 Å². The standard InChI is InChI=1S/C13H15NOS/c1-10-7-8-13(16-10)12(9-14)15-11-5-3-2-4-6-11/h2-8,12H,9,14H2,1H3. The second kappa shape index (κ2) is 5.14. The Kier molecular flexibility index (Phi) is 3.59. The summed E-state index contributed by atoms with van der Waals surface area (Å²) in [5.41, 5.74) is 5.74. The zero-order valence-corrected chi connectivity index (χ0v) is 10.0. The third kappa shape index (κ3) is 2.62. The van der Waals surface area contributed by atoms with Crippen LogP contribution in [0.2, 0.25) is 0 Å². The zero-order chi connectivity index (χ0) is 11.4. The monoisotopic (exact) mass is 233 g/mol. The van der Waals surface area contributed by atoms with Crippen molar-refractivity contribution in [1.29, 1.82) is 0 Å². The first-order valence-corrected chi connectivity index (χ1v) is 6.09. The maximum absolute atomic E-state index is 5.85. The van der Waals surface area contributed by atoms with E-state index in [0.29, 0.717) is 6.54 Å². The van der Waals surface area contributed by atoms with E-state index < -0.39 is 0 Å². The average molecular weight is 233 g/mol. The Hall–Kier alpha value is -1.32. The average Bonchev–Trinajstić information content (AvgIpc) is 2.74. The molecule has 2 nitrogen and oxygen atoms in total. The molecule has 0 bridgehead atoms. The Labute approximate surface area is 99.7 Å². The van der Waals surface area contributed by atoms with E-state index in [-0.39, 0.29) is 6.10 Å². The molecule has 0 radical (unpaired) electrons. The molecule has 2 N–H and O–H groups in total. The summed E-state index contributed by atoms with van der Waals surface area (Å²) in [4.78, 5) is 2.47. The number of aryl methyl sites for hydroxylation is 1. The first-order chi connectivity index (χ1) is 7.79. The number of para-hydroxylation sites is 1. The van der Waals surface area contributed by atoms with E-state index in [1.807, 2.05) is 30.3 Å². The highest BCUT2D eigenvalue weighted by molar-refractivity contribution is 7.12. The molecule has 0 spiro atoms. The van der Waals surface area contributed by atoms with Crippen LogP contribution in [0.5, 0.6) is 5.75 Å². The van der Waals surface area contributed by atoms with Gasteiger partial charge in [-0.15, -0.1) is 11.3 Å². The van der Waals surface area contributed by atoms with Crippen LogP contribution in [0.3, 0.4) is 0 Å². The van der Waals surface area contributed by atoms with Gasteiger partial charge >= 0.3 is 0 Å². The lowest BCUT2D eigenvalue weighted by Crippen LogP contribution is -2.17. The third-order valence-corrected chi connectivity index (χ3v) is 3.41. The molecule has 0 saturated carbocycles. The second-order valence-corrected chi connectivity index (χ2v) is 4.92. The SMILES string of the molecule is Cc1ccc(C(CN)Oc2ccccc2)s1. The summed E-state index contributed by atoms with van der Waals surface area (Å²) < 4.78 is 5.85. The molecule has 3 heteroatoms. The number of thiophene rings is 1. The molecule has 84 valence electrons. The first-order valence-electron chi connectivity index (χ1n) is 5.27. The van der Waals surface area contributed by atoms with Crippen molar-refractivity contribution in [3.8, 4) is 5.75 Å². The van der Waals surface area contributed by atoms with E-state index in [2.05, 4.69) is 19.1 Å². The molecule has 2 rings (SSSR count). The van der Waals surface area contributed by atoms with E-state index >= 15 is 0 Å². The fourth-order valence-electron chi connectivity index (χ4n) is 1.51. The van der Waals surface area contributed by atoms with Crippen LogP contribution in [0.25, 0.3) is 0 Å². The fourth-order valence-corrected chi connectivity index (χ4v) is 2.43. The van der Waals surface area contributed by atoms with Crippen molar-refractivity contribution in [3.63, 3.8) is 0 Å². The minimum absolute atomic E-state index is 0.0406. The van der Waals surface area contributed by atoms with Crippen molar-refractivity contribution in [3.05, 3.63) is 52.2 Å². The van der Waals surface area contributed by atoms with Gasteiger partial charge in [-0.05, 0) is 31.2 Å². The van der Waals surface area contributed by atoms with Crippen LogP contribution >= 0.6 is 11.3 Å². The van der Waals surface area contributed by atoms with Crippen LogP contribution in [-0.4, -0.2) is 6.54 Å². The van der Waals surface area contributed by atoms with E-state index in [1.165, 1.54) is 9.75 Å². The summed E-state index contributed by atoms with van der Waals surface area (Å²) in [5, 5.41) is 0. The van der Waals surface area contributed by atoms with E-state index in [1.54, 1.807) is 11.3 Å². The summed E-state index contributed by atoms with van der Waals surface area (Å²) >= 11 is 1.73. The van der Waals surface area contributed by atoms with Crippen molar-refractivity contribution in [1.82, 2.24) is 0 Å². The molecule has 16 heavy (non-hydrogen) atoms. The smallest absolute Gasteiger partial charge is 0.145 e. The van der Waals surface area contributed by atoms with Crippen molar-refractivity contribution in [2.24, 2.45) is 5.73 Å². The quantitative estimate of drug-likeness (QED) is 0.880. The Morgan fingerprint density at radius 2 is 1.94 bits per heavy atom. The summed E-state index contributed by atoms with van der Waals surface area (Å²) in [6, 6.07) is 14.0. The number of hydrogen-bond donors (Lipinski definition) is 1. The highest BCUT2D eigenvalue weighted by atomic mass is 32.1. The molecule has 0 aliphatic rings. The molecular formula is C13H15NOS. The molecule has 1 heterocycles. The van der Waals surface area contributed by atoms with Crippen LogP contribution < -0.4 is 10.5 Å². The normalized spacial score (nSPS) is 12.4. The van der Waals surface area contributed by atoms with Crippen LogP contribution in [0.15, 0.2) is 42.5 Å². The third-order valence-electron chi connectivity index (χ3n) is 2.31. The molecule has 1 aromatic heterocycles. The maximum Gasteiger partial charge on any atom is 0.145 e. The fraction of sp³-hybridized carbons (Fsp3) is 0.231. The summed E-state index contributed by atoms with van der Waals surface area (Å²) in [6.07, 6.45) is -0.0406. The minimum atomic E-state index is -0.0406. The molecular weight excluding hydrogens is 218 g/mol. The summed E-state index contributed by atoms with van der Waals surface area (Å²) in [5.74, 6) is 0.865. The van der Waals surface area contributed by atoms with Gasteiger partial charge in [0, 0.05) is 16.3 Å². The number of nitrogens with two attached hydrogens (primary N) is 1. The van der Waals surface area contributed by atoms with Crippen LogP contribution in [0.4, 0.5) is 0 Å². The maximum atomic E-state index is 5.85. The van der Waals surface area contributed by atoms with Crippen molar-refractivity contribution < 1.29 is 4.74 Å². The van der Waals surface area contributed by atoms with Gasteiger partial charge in [0.05, 0.1) is 0 Å². The molecule has 1 atom stereocenters. The molecule has 1 unspecified atom stereocenters. The Bertz CT molecular complexity index is 438. The van der Waals surface area contributed by atoms with Gasteiger partial charge in [-0.2, -0.15) is 0 Å². The molecule has 1 aromatic carbocycles. The molecule has 0 saturated heterocycles. The van der Waals surface area contributed by atoms with Crippen molar-refractivity contribution in [2.45, 2.75) is 13.0 Å². The lowest BCUT2D eigenvalue weighted by Gasteiger charge is -2.15. The predicted molar refractivity (Wildman–Crippen MR) is 67.9 cm³/mol. The van der Waals surface area contributed by atoms with Crippen LogP contribution in [0.1, 0.15) is 15.9 Å². The zero-order valence-electron chi connectivity index (χ0n) is 9.22. The van der Waals surface area contributed by atoms with Gasteiger partial charge in [0.25, 0.3) is 0 Å². The molecule has 0 fully saturated rings. The van der Waals surface area contributed by atoms with Crippen LogP contribution in [-0.2, 0) is 0 Å². The van der Waals surface area contributed by atoms with Gasteiger partial charge in [-0.25, -0.2) is 0 Å². The van der Waals surface area contributed by atoms with Gasteiger partial charge in [0.1, 0.15) is 11.9 Å². The Balaban J connectivity index is 2.12.